The van der Waals surface area contributed by atoms with Crippen LogP contribution in [-0.4, -0.2) is 15.0 Å². The van der Waals surface area contributed by atoms with Gasteiger partial charge >= 0.3 is 0 Å². The summed E-state index contributed by atoms with van der Waals surface area (Å²) in [7, 11) is 0. The number of hydrogen-bond acceptors (Lipinski definition) is 4. The van der Waals surface area contributed by atoms with E-state index in [9.17, 15) is 0 Å². The summed E-state index contributed by atoms with van der Waals surface area (Å²) in [5.74, 6) is 0. The number of aryl methyl sites for hydroxylation is 1. The topological polar surface area (TPSA) is 37.2 Å². The van der Waals surface area contributed by atoms with Crippen LogP contribution < -0.4 is 9.80 Å². The third-order valence-electron chi connectivity index (χ3n) is 10.2. The number of para-hydroxylation sites is 4. The Kier molecular flexibility index (Phi) is 11.1. The zero-order valence-electron chi connectivity index (χ0n) is 31.5. The summed E-state index contributed by atoms with van der Waals surface area (Å²) >= 11 is 0. The van der Waals surface area contributed by atoms with E-state index in [1.165, 1.54) is 32.1 Å². The first kappa shape index (κ1) is 35.6. The van der Waals surface area contributed by atoms with Crippen LogP contribution in [-0.2, 0) is 6.54 Å². The Balaban J connectivity index is 1.15. The van der Waals surface area contributed by atoms with Crippen molar-refractivity contribution in [2.45, 2.75) is 52.0 Å². The fourth-order valence-electron chi connectivity index (χ4n) is 7.42. The minimum Gasteiger partial charge on any atom is -0.311 e. The van der Waals surface area contributed by atoms with E-state index in [0.717, 1.165) is 80.4 Å². The predicted molar refractivity (Wildman–Crippen MR) is 231 cm³/mol. The maximum Gasteiger partial charge on any atom is 0.121 e. The normalized spacial score (nSPS) is 11.1. The summed E-state index contributed by atoms with van der Waals surface area (Å²) < 4.78 is 0. The van der Waals surface area contributed by atoms with Gasteiger partial charge in [-0.25, -0.2) is 0 Å². The molecule has 272 valence electrons. The largest absolute Gasteiger partial charge is 0.311 e. The highest BCUT2D eigenvalue weighted by atomic mass is 15.5. The van der Waals surface area contributed by atoms with Crippen LogP contribution in [0.3, 0.4) is 0 Å². The van der Waals surface area contributed by atoms with Gasteiger partial charge in [0.05, 0.1) is 6.54 Å². The average Bonchev–Trinajstić information content (AvgIpc) is 3.68. The molecular weight excluding hydrogens is 671 g/mol. The van der Waals surface area contributed by atoms with E-state index in [-0.39, 0.29) is 0 Å². The second-order valence-corrected chi connectivity index (χ2v) is 14.0. The number of hydrogen-bond donors (Lipinski definition) is 0. The molecule has 8 aromatic rings. The zero-order valence-corrected chi connectivity index (χ0v) is 31.5. The first-order valence-electron chi connectivity index (χ1n) is 19.7. The molecule has 55 heavy (non-hydrogen) atoms. The maximum atomic E-state index is 5.17. The van der Waals surface area contributed by atoms with Gasteiger partial charge in [-0.05, 0) is 90.3 Å². The molecule has 0 N–H and O–H groups in total. The Bertz CT molecular complexity index is 2150. The van der Waals surface area contributed by atoms with E-state index in [1.807, 2.05) is 4.80 Å². The Morgan fingerprint density at radius 3 is 1.05 bits per heavy atom. The second kappa shape index (κ2) is 17.1. The van der Waals surface area contributed by atoms with Crippen LogP contribution in [0.2, 0.25) is 0 Å². The summed E-state index contributed by atoms with van der Waals surface area (Å²) in [6.45, 7) is 3.07. The van der Waals surface area contributed by atoms with Crippen molar-refractivity contribution in [3.63, 3.8) is 0 Å². The van der Waals surface area contributed by atoms with Gasteiger partial charge in [-0.3, -0.25) is 0 Å². The fourth-order valence-corrected chi connectivity index (χ4v) is 7.42. The maximum absolute atomic E-state index is 5.17. The molecule has 0 spiro atoms. The number of rotatable bonds is 15. The molecule has 8 rings (SSSR count). The van der Waals surface area contributed by atoms with Gasteiger partial charge in [-0.1, -0.05) is 148 Å². The van der Waals surface area contributed by atoms with Gasteiger partial charge in [0.15, 0.2) is 0 Å². The molecule has 0 atom stereocenters. The SMILES string of the molecule is CCCCCCCCn1nc2c(-c3ccc(N(c4ccccc4)c4ccccc4)cc3)ccc(-c3ccc(N(c4ccccc4)c4ccccc4)cc3)c2n1. The predicted octanol–water partition coefficient (Wildman–Crippen LogP) is 14.1. The van der Waals surface area contributed by atoms with E-state index in [2.05, 4.69) is 199 Å². The minimum atomic E-state index is 0.809. The molecule has 0 radical (unpaired) electrons. The van der Waals surface area contributed by atoms with Crippen molar-refractivity contribution in [3.05, 3.63) is 182 Å². The number of aromatic nitrogens is 3. The van der Waals surface area contributed by atoms with Crippen molar-refractivity contribution >= 4 is 45.2 Å². The number of anilines is 6. The molecule has 0 saturated heterocycles. The average molecular weight is 718 g/mol. The summed E-state index contributed by atoms with van der Waals surface area (Å²) in [6, 6.07) is 64.3. The van der Waals surface area contributed by atoms with Crippen LogP contribution in [0, 0.1) is 0 Å². The van der Waals surface area contributed by atoms with E-state index in [4.69, 9.17) is 10.2 Å². The standard InChI is InChI=1S/C50H47N5/c1-2-3-4-5-6-19-38-53-51-49-47(39-28-32-45(33-29-39)54(41-20-11-7-12-21-41)42-22-13-8-14-23-42)36-37-48(50(49)52-53)40-30-34-46(35-31-40)55(43-24-15-9-16-25-43)44-26-17-10-18-27-44/h7-18,20-37H,2-6,19,38H2,1H3. The number of nitrogens with zero attached hydrogens (tertiary/aromatic N) is 5. The Hall–Kier alpha value is -6.46. The fraction of sp³-hybridized carbons (Fsp3) is 0.160. The highest BCUT2D eigenvalue weighted by molar-refractivity contribution is 6.00. The number of fused-ring (bicyclic) bond motifs is 1. The first-order chi connectivity index (χ1) is 27.3. The molecule has 0 bridgehead atoms. The van der Waals surface area contributed by atoms with Crippen LogP contribution >= 0.6 is 0 Å². The molecule has 5 nitrogen and oxygen atoms in total. The number of unbranched alkanes of at least 4 members (excludes halogenated alkanes) is 5. The monoisotopic (exact) mass is 717 g/mol. The second-order valence-electron chi connectivity index (χ2n) is 14.0. The molecule has 0 saturated carbocycles. The summed E-state index contributed by atoms with van der Waals surface area (Å²) in [5, 5.41) is 10.3. The molecule has 0 aliphatic carbocycles. The molecule has 7 aromatic carbocycles. The molecule has 0 fully saturated rings. The van der Waals surface area contributed by atoms with Gasteiger partial charge in [-0.15, -0.1) is 0 Å². The Labute approximate surface area is 325 Å². The lowest BCUT2D eigenvalue weighted by Crippen LogP contribution is -2.09. The lowest BCUT2D eigenvalue weighted by molar-refractivity contribution is 0.488. The van der Waals surface area contributed by atoms with Crippen molar-refractivity contribution in [2.24, 2.45) is 0 Å². The number of benzene rings is 7. The van der Waals surface area contributed by atoms with Crippen molar-refractivity contribution in [1.82, 2.24) is 15.0 Å². The van der Waals surface area contributed by atoms with Gasteiger partial charge in [0, 0.05) is 45.3 Å². The summed E-state index contributed by atoms with van der Waals surface area (Å²) in [4.78, 5) is 6.51. The van der Waals surface area contributed by atoms with E-state index < -0.39 is 0 Å². The smallest absolute Gasteiger partial charge is 0.121 e. The van der Waals surface area contributed by atoms with Crippen LogP contribution in [0.4, 0.5) is 34.1 Å². The van der Waals surface area contributed by atoms with Crippen LogP contribution in [0.25, 0.3) is 33.3 Å². The van der Waals surface area contributed by atoms with Crippen molar-refractivity contribution < 1.29 is 0 Å². The highest BCUT2D eigenvalue weighted by Gasteiger charge is 2.18. The van der Waals surface area contributed by atoms with Crippen LogP contribution in [0.1, 0.15) is 45.4 Å². The van der Waals surface area contributed by atoms with E-state index >= 15 is 0 Å². The van der Waals surface area contributed by atoms with Crippen LogP contribution in [0.15, 0.2) is 182 Å². The summed E-state index contributed by atoms with van der Waals surface area (Å²) in [5.41, 5.74) is 12.9. The molecule has 0 amide bonds. The lowest BCUT2D eigenvalue weighted by atomic mass is 9.97. The van der Waals surface area contributed by atoms with Crippen molar-refractivity contribution in [3.8, 4) is 22.3 Å². The van der Waals surface area contributed by atoms with Gasteiger partial charge in [0.25, 0.3) is 0 Å². The van der Waals surface area contributed by atoms with Gasteiger partial charge in [-0.2, -0.15) is 15.0 Å². The van der Waals surface area contributed by atoms with Gasteiger partial charge in [0.2, 0.25) is 0 Å². The molecule has 0 unspecified atom stereocenters. The molecule has 1 heterocycles. The summed E-state index contributed by atoms with van der Waals surface area (Å²) in [6.07, 6.45) is 7.38. The minimum absolute atomic E-state index is 0.809. The van der Waals surface area contributed by atoms with Gasteiger partial charge in [0.1, 0.15) is 11.0 Å². The third-order valence-corrected chi connectivity index (χ3v) is 10.2. The molecular formula is C50H47N5. The molecule has 5 heteroatoms. The quantitative estimate of drug-likeness (QED) is 0.0990. The third kappa shape index (κ3) is 8.07. The molecule has 1 aromatic heterocycles. The van der Waals surface area contributed by atoms with Crippen molar-refractivity contribution in [2.75, 3.05) is 9.80 Å². The zero-order chi connectivity index (χ0) is 37.2. The van der Waals surface area contributed by atoms with E-state index in [0.29, 0.717) is 0 Å². The van der Waals surface area contributed by atoms with Gasteiger partial charge < -0.3 is 9.80 Å². The highest BCUT2D eigenvalue weighted by Crippen LogP contribution is 2.39. The molecule has 0 aliphatic heterocycles. The molecule has 0 aliphatic rings. The van der Waals surface area contributed by atoms with Crippen molar-refractivity contribution in [1.29, 1.82) is 0 Å². The van der Waals surface area contributed by atoms with E-state index in [1.54, 1.807) is 0 Å². The Morgan fingerprint density at radius 1 is 0.364 bits per heavy atom. The Morgan fingerprint density at radius 2 is 0.691 bits per heavy atom. The first-order valence-corrected chi connectivity index (χ1v) is 19.7. The van der Waals surface area contributed by atoms with Crippen LogP contribution in [0.5, 0.6) is 0 Å². The lowest BCUT2D eigenvalue weighted by Gasteiger charge is -2.25.